The van der Waals surface area contributed by atoms with Crippen molar-refractivity contribution in [2.75, 3.05) is 0 Å². The summed E-state index contributed by atoms with van der Waals surface area (Å²) in [7, 11) is 0. The molecule has 3 heteroatoms. The van der Waals surface area contributed by atoms with E-state index in [-0.39, 0.29) is 5.97 Å². The van der Waals surface area contributed by atoms with Crippen molar-refractivity contribution in [1.29, 1.82) is 0 Å². The summed E-state index contributed by atoms with van der Waals surface area (Å²) >= 11 is 1.64. The molecule has 0 aliphatic carbocycles. The van der Waals surface area contributed by atoms with Gasteiger partial charge in [0.2, 0.25) is 0 Å². The molecule has 0 radical (unpaired) electrons. The molecule has 1 aromatic carbocycles. The lowest BCUT2D eigenvalue weighted by Crippen LogP contribution is -2.00. The van der Waals surface area contributed by atoms with E-state index in [1.165, 1.54) is 12.3 Å². The number of hydrogen-bond donors (Lipinski definition) is 0. The molecule has 1 aromatic heterocycles. The Hall–Kier alpha value is -1.35. The normalized spacial score (nSPS) is 10.2. The van der Waals surface area contributed by atoms with Crippen molar-refractivity contribution < 1.29 is 9.53 Å². The van der Waals surface area contributed by atoms with Crippen molar-refractivity contribution in [3.8, 4) is 5.75 Å². The minimum absolute atomic E-state index is 0.282. The summed E-state index contributed by atoms with van der Waals surface area (Å²) in [6.07, 6.45) is 0. The van der Waals surface area contributed by atoms with Gasteiger partial charge in [0.05, 0.1) is 0 Å². The van der Waals surface area contributed by atoms with E-state index in [0.29, 0.717) is 5.75 Å². The fourth-order valence-electron chi connectivity index (χ4n) is 1.16. The summed E-state index contributed by atoms with van der Waals surface area (Å²) in [6.45, 7) is 1.40. The molecule has 0 bridgehead atoms. The monoisotopic (exact) mass is 192 g/mol. The molecule has 0 spiro atoms. The van der Waals surface area contributed by atoms with Crippen LogP contribution < -0.4 is 4.74 Å². The number of carbonyl (C=O) groups excluding carboxylic acids is 1. The molecular formula is C10H8O2S. The maximum absolute atomic E-state index is 10.7. The van der Waals surface area contributed by atoms with Gasteiger partial charge in [-0.3, -0.25) is 4.79 Å². The topological polar surface area (TPSA) is 26.3 Å². The van der Waals surface area contributed by atoms with Crippen LogP contribution in [0, 0.1) is 0 Å². The summed E-state index contributed by atoms with van der Waals surface area (Å²) in [5.41, 5.74) is 0. The number of rotatable bonds is 1. The molecule has 0 amide bonds. The van der Waals surface area contributed by atoms with E-state index in [9.17, 15) is 4.79 Å². The van der Waals surface area contributed by atoms with Crippen LogP contribution in [0.3, 0.4) is 0 Å². The van der Waals surface area contributed by atoms with E-state index < -0.39 is 0 Å². The van der Waals surface area contributed by atoms with Gasteiger partial charge in [-0.25, -0.2) is 0 Å². The minimum atomic E-state index is -0.282. The number of carbonyl (C=O) groups is 1. The Labute approximate surface area is 79.8 Å². The Morgan fingerprint density at radius 1 is 1.38 bits per heavy atom. The molecule has 0 aliphatic rings. The van der Waals surface area contributed by atoms with Crippen molar-refractivity contribution in [1.82, 2.24) is 0 Å². The third-order valence-corrected chi connectivity index (χ3v) is 2.57. The van der Waals surface area contributed by atoms with Crippen LogP contribution in [0.4, 0.5) is 0 Å². The van der Waals surface area contributed by atoms with E-state index >= 15 is 0 Å². The van der Waals surface area contributed by atoms with Gasteiger partial charge in [-0.2, -0.15) is 0 Å². The van der Waals surface area contributed by atoms with Crippen LogP contribution in [0.25, 0.3) is 10.1 Å². The Bertz CT molecular complexity index is 445. The fraction of sp³-hybridized carbons (Fsp3) is 0.100. The third kappa shape index (κ3) is 1.70. The maximum atomic E-state index is 10.7. The summed E-state index contributed by atoms with van der Waals surface area (Å²) in [5, 5.41) is 3.20. The minimum Gasteiger partial charge on any atom is -0.427 e. The Morgan fingerprint density at radius 2 is 2.23 bits per heavy atom. The fourth-order valence-corrected chi connectivity index (χ4v) is 1.98. The number of hydrogen-bond acceptors (Lipinski definition) is 3. The van der Waals surface area contributed by atoms with E-state index in [0.717, 1.165) is 4.70 Å². The first-order chi connectivity index (χ1) is 6.25. The lowest BCUT2D eigenvalue weighted by molar-refractivity contribution is -0.131. The van der Waals surface area contributed by atoms with E-state index in [2.05, 4.69) is 0 Å². The predicted octanol–water partition coefficient (Wildman–Crippen LogP) is 2.83. The van der Waals surface area contributed by atoms with Crippen molar-refractivity contribution in [2.45, 2.75) is 6.92 Å². The van der Waals surface area contributed by atoms with Crippen molar-refractivity contribution in [3.05, 3.63) is 29.6 Å². The summed E-state index contributed by atoms with van der Waals surface area (Å²) in [6, 6.07) is 7.67. The van der Waals surface area contributed by atoms with Gasteiger partial charge in [0.1, 0.15) is 5.75 Å². The maximum Gasteiger partial charge on any atom is 0.308 e. The van der Waals surface area contributed by atoms with Gasteiger partial charge < -0.3 is 4.74 Å². The number of fused-ring (bicyclic) bond motifs is 1. The average molecular weight is 192 g/mol. The van der Waals surface area contributed by atoms with Crippen molar-refractivity contribution >= 4 is 27.4 Å². The first kappa shape index (κ1) is 8.26. The lowest BCUT2D eigenvalue weighted by Gasteiger charge is -1.99. The van der Waals surface area contributed by atoms with Gasteiger partial charge in [-0.05, 0) is 35.0 Å². The van der Waals surface area contributed by atoms with Crippen LogP contribution in [0.2, 0.25) is 0 Å². The number of ether oxygens (including phenoxy) is 1. The molecule has 0 aliphatic heterocycles. The second kappa shape index (κ2) is 3.18. The predicted molar refractivity (Wildman–Crippen MR) is 53.1 cm³/mol. The Kier molecular flexibility index (Phi) is 2.02. The van der Waals surface area contributed by atoms with Gasteiger partial charge in [-0.15, -0.1) is 11.3 Å². The molecule has 0 atom stereocenters. The zero-order chi connectivity index (χ0) is 9.26. The smallest absolute Gasteiger partial charge is 0.308 e. The SMILES string of the molecule is CC(=O)Oc1ccc2ccsc2c1. The molecule has 0 saturated carbocycles. The largest absolute Gasteiger partial charge is 0.427 e. The van der Waals surface area contributed by atoms with Crippen molar-refractivity contribution in [3.63, 3.8) is 0 Å². The van der Waals surface area contributed by atoms with Gasteiger partial charge in [0, 0.05) is 11.6 Å². The van der Waals surface area contributed by atoms with Crippen LogP contribution in [0.5, 0.6) is 5.75 Å². The molecule has 0 fully saturated rings. The molecule has 1 heterocycles. The molecule has 2 rings (SSSR count). The van der Waals surface area contributed by atoms with Gasteiger partial charge in [0.25, 0.3) is 0 Å². The molecule has 2 aromatic rings. The van der Waals surface area contributed by atoms with Gasteiger partial charge in [0.15, 0.2) is 0 Å². The van der Waals surface area contributed by atoms with Crippen molar-refractivity contribution in [2.24, 2.45) is 0 Å². The van der Waals surface area contributed by atoms with Gasteiger partial charge in [-0.1, -0.05) is 0 Å². The summed E-state index contributed by atoms with van der Waals surface area (Å²) in [5.74, 6) is 0.332. The summed E-state index contributed by atoms with van der Waals surface area (Å²) in [4.78, 5) is 10.7. The van der Waals surface area contributed by atoms with Crippen LogP contribution >= 0.6 is 11.3 Å². The number of benzene rings is 1. The average Bonchev–Trinajstić information content (AvgIpc) is 2.49. The molecule has 0 unspecified atom stereocenters. The molecule has 0 N–H and O–H groups in total. The van der Waals surface area contributed by atoms with E-state index in [4.69, 9.17) is 4.74 Å². The number of thiophene rings is 1. The first-order valence-corrected chi connectivity index (χ1v) is 4.79. The standard InChI is InChI=1S/C10H8O2S/c1-7(11)12-9-3-2-8-4-5-13-10(8)6-9/h2-6H,1H3. The quantitative estimate of drug-likeness (QED) is 0.513. The third-order valence-electron chi connectivity index (χ3n) is 1.69. The van der Waals surface area contributed by atoms with E-state index in [1.807, 2.05) is 23.6 Å². The highest BCUT2D eigenvalue weighted by atomic mass is 32.1. The first-order valence-electron chi connectivity index (χ1n) is 3.91. The highest BCUT2D eigenvalue weighted by molar-refractivity contribution is 7.17. The van der Waals surface area contributed by atoms with Crippen LogP contribution in [0.15, 0.2) is 29.6 Å². The zero-order valence-corrected chi connectivity index (χ0v) is 7.93. The second-order valence-electron chi connectivity index (χ2n) is 2.71. The van der Waals surface area contributed by atoms with E-state index in [1.54, 1.807) is 17.4 Å². The molecule has 66 valence electrons. The highest BCUT2D eigenvalue weighted by Gasteiger charge is 2.00. The highest BCUT2D eigenvalue weighted by Crippen LogP contribution is 2.25. The zero-order valence-electron chi connectivity index (χ0n) is 7.11. The lowest BCUT2D eigenvalue weighted by atomic mass is 10.2. The summed E-state index contributed by atoms with van der Waals surface area (Å²) < 4.78 is 6.10. The number of esters is 1. The molecule has 2 nitrogen and oxygen atoms in total. The Morgan fingerprint density at radius 3 is 3.00 bits per heavy atom. The molecule has 13 heavy (non-hydrogen) atoms. The Balaban J connectivity index is 2.42. The molecular weight excluding hydrogens is 184 g/mol. The van der Waals surface area contributed by atoms with Crippen LogP contribution in [0.1, 0.15) is 6.92 Å². The van der Waals surface area contributed by atoms with Gasteiger partial charge >= 0.3 is 5.97 Å². The second-order valence-corrected chi connectivity index (χ2v) is 3.66. The van der Waals surface area contributed by atoms with Crippen LogP contribution in [-0.4, -0.2) is 5.97 Å². The van der Waals surface area contributed by atoms with Crippen LogP contribution in [-0.2, 0) is 4.79 Å². The molecule has 0 saturated heterocycles.